The Morgan fingerprint density at radius 2 is 1.95 bits per heavy atom. The Labute approximate surface area is 124 Å². The van der Waals surface area contributed by atoms with Gasteiger partial charge in [0.05, 0.1) is 12.0 Å². The van der Waals surface area contributed by atoms with E-state index in [-0.39, 0.29) is 4.90 Å². The molecular formula is C14H19NO5S. The molecule has 0 unspecified atom stereocenters. The molecule has 0 aromatic heterocycles. The van der Waals surface area contributed by atoms with E-state index in [0.29, 0.717) is 31.4 Å². The zero-order chi connectivity index (χ0) is 15.5. The highest BCUT2D eigenvalue weighted by molar-refractivity contribution is 7.89. The fraction of sp³-hybridized carbons (Fsp3) is 0.500. The fourth-order valence-corrected chi connectivity index (χ4v) is 4.05. The van der Waals surface area contributed by atoms with Crippen molar-refractivity contribution in [2.45, 2.75) is 42.5 Å². The van der Waals surface area contributed by atoms with E-state index >= 15 is 0 Å². The van der Waals surface area contributed by atoms with Crippen LogP contribution in [-0.4, -0.2) is 32.1 Å². The second-order valence-electron chi connectivity index (χ2n) is 5.23. The fourth-order valence-electron chi connectivity index (χ4n) is 2.60. The summed E-state index contributed by atoms with van der Waals surface area (Å²) in [6.07, 6.45) is 2.95. The molecule has 6 nitrogen and oxygen atoms in total. The van der Waals surface area contributed by atoms with Crippen molar-refractivity contribution in [3.05, 3.63) is 24.3 Å². The van der Waals surface area contributed by atoms with Crippen LogP contribution in [0.15, 0.2) is 29.2 Å². The van der Waals surface area contributed by atoms with E-state index in [2.05, 4.69) is 4.72 Å². The quantitative estimate of drug-likeness (QED) is 0.864. The van der Waals surface area contributed by atoms with E-state index in [4.69, 9.17) is 4.74 Å². The first-order chi connectivity index (χ1) is 9.89. The zero-order valence-electron chi connectivity index (χ0n) is 11.8. The number of methoxy groups -OCH3 is 1. The third-order valence-corrected chi connectivity index (χ3v) is 5.33. The van der Waals surface area contributed by atoms with E-state index in [0.717, 1.165) is 6.42 Å². The molecule has 0 saturated heterocycles. The SMILES string of the molecule is COc1cccc(S(=O)(=O)NC2(C(=O)O)CCCCC2)c1. The summed E-state index contributed by atoms with van der Waals surface area (Å²) in [5.41, 5.74) is -1.40. The minimum Gasteiger partial charge on any atom is -0.497 e. The van der Waals surface area contributed by atoms with Gasteiger partial charge < -0.3 is 9.84 Å². The number of hydrogen-bond acceptors (Lipinski definition) is 4. The number of nitrogens with one attached hydrogen (secondary N) is 1. The Morgan fingerprint density at radius 1 is 1.29 bits per heavy atom. The summed E-state index contributed by atoms with van der Waals surface area (Å²) in [7, 11) is -2.46. The van der Waals surface area contributed by atoms with Gasteiger partial charge in [0.25, 0.3) is 0 Å². The van der Waals surface area contributed by atoms with Crippen LogP contribution in [0.4, 0.5) is 0 Å². The maximum Gasteiger partial charge on any atom is 0.324 e. The van der Waals surface area contributed by atoms with E-state index in [1.165, 1.54) is 19.2 Å². The highest BCUT2D eigenvalue weighted by atomic mass is 32.2. The lowest BCUT2D eigenvalue weighted by Crippen LogP contribution is -2.55. The molecule has 0 aliphatic heterocycles. The van der Waals surface area contributed by atoms with Crippen molar-refractivity contribution in [3.8, 4) is 5.75 Å². The minimum absolute atomic E-state index is 0.00745. The standard InChI is InChI=1S/C14H19NO5S/c1-20-11-6-5-7-12(10-11)21(18,19)15-14(13(16)17)8-3-2-4-9-14/h5-7,10,15H,2-4,8-9H2,1H3,(H,16,17). The zero-order valence-corrected chi connectivity index (χ0v) is 12.6. The lowest BCUT2D eigenvalue weighted by atomic mass is 9.83. The summed E-state index contributed by atoms with van der Waals surface area (Å²) < 4.78 is 32.3. The van der Waals surface area contributed by atoms with Gasteiger partial charge >= 0.3 is 5.97 Å². The van der Waals surface area contributed by atoms with Crippen molar-refractivity contribution in [3.63, 3.8) is 0 Å². The molecule has 116 valence electrons. The van der Waals surface area contributed by atoms with Crippen LogP contribution in [-0.2, 0) is 14.8 Å². The summed E-state index contributed by atoms with van der Waals surface area (Å²) >= 11 is 0. The van der Waals surface area contributed by atoms with Crippen molar-refractivity contribution in [2.24, 2.45) is 0 Å². The number of carboxylic acids is 1. The Balaban J connectivity index is 2.32. The predicted molar refractivity (Wildman–Crippen MR) is 76.8 cm³/mol. The lowest BCUT2D eigenvalue weighted by molar-refractivity contribution is -0.145. The van der Waals surface area contributed by atoms with Gasteiger partial charge in [-0.25, -0.2) is 8.42 Å². The lowest BCUT2D eigenvalue weighted by Gasteiger charge is -2.33. The summed E-state index contributed by atoms with van der Waals surface area (Å²) in [5.74, 6) is -0.709. The van der Waals surface area contributed by atoms with Gasteiger partial charge in [0, 0.05) is 6.07 Å². The largest absolute Gasteiger partial charge is 0.497 e. The Hall–Kier alpha value is -1.60. The number of benzene rings is 1. The molecule has 1 aromatic rings. The van der Waals surface area contributed by atoms with Gasteiger partial charge in [0.1, 0.15) is 11.3 Å². The van der Waals surface area contributed by atoms with E-state index in [9.17, 15) is 18.3 Å². The Kier molecular flexibility index (Phi) is 4.53. The summed E-state index contributed by atoms with van der Waals surface area (Å²) in [5, 5.41) is 9.45. The van der Waals surface area contributed by atoms with E-state index < -0.39 is 21.5 Å². The van der Waals surface area contributed by atoms with Crippen molar-refractivity contribution in [1.29, 1.82) is 0 Å². The predicted octanol–water partition coefficient (Wildman–Crippen LogP) is 1.76. The van der Waals surface area contributed by atoms with Crippen LogP contribution in [0.5, 0.6) is 5.75 Å². The van der Waals surface area contributed by atoms with Gasteiger partial charge in [0.15, 0.2) is 0 Å². The molecule has 21 heavy (non-hydrogen) atoms. The van der Waals surface area contributed by atoms with Gasteiger partial charge in [-0.15, -0.1) is 0 Å². The molecule has 0 atom stereocenters. The first-order valence-corrected chi connectivity index (χ1v) is 8.29. The minimum atomic E-state index is -3.91. The molecule has 0 amide bonds. The van der Waals surface area contributed by atoms with E-state index in [1.54, 1.807) is 12.1 Å². The topological polar surface area (TPSA) is 92.7 Å². The molecule has 0 spiro atoms. The summed E-state index contributed by atoms with van der Waals surface area (Å²) in [6.45, 7) is 0. The van der Waals surface area contributed by atoms with Crippen molar-refractivity contribution in [1.82, 2.24) is 4.72 Å². The van der Waals surface area contributed by atoms with Gasteiger partial charge in [-0.3, -0.25) is 4.79 Å². The average Bonchev–Trinajstić information content (AvgIpc) is 2.47. The molecule has 7 heteroatoms. The number of sulfonamides is 1. The number of ether oxygens (including phenoxy) is 1. The highest BCUT2D eigenvalue weighted by Crippen LogP contribution is 2.30. The van der Waals surface area contributed by atoms with Gasteiger partial charge in [-0.05, 0) is 25.0 Å². The highest BCUT2D eigenvalue weighted by Gasteiger charge is 2.43. The molecule has 1 aliphatic rings. The smallest absolute Gasteiger partial charge is 0.324 e. The normalized spacial score (nSPS) is 18.1. The second-order valence-corrected chi connectivity index (χ2v) is 6.91. The number of carbonyl (C=O) groups is 1. The number of hydrogen-bond donors (Lipinski definition) is 2. The van der Waals surface area contributed by atoms with Gasteiger partial charge in [-0.1, -0.05) is 25.3 Å². The molecule has 2 N–H and O–H groups in total. The second kappa shape index (κ2) is 6.03. The number of rotatable bonds is 5. The van der Waals surface area contributed by atoms with Crippen LogP contribution in [0.25, 0.3) is 0 Å². The van der Waals surface area contributed by atoms with Crippen molar-refractivity contribution in [2.75, 3.05) is 7.11 Å². The first kappa shape index (κ1) is 15.8. The van der Waals surface area contributed by atoms with Gasteiger partial charge in [-0.2, -0.15) is 4.72 Å². The van der Waals surface area contributed by atoms with Crippen LogP contribution in [0.1, 0.15) is 32.1 Å². The van der Waals surface area contributed by atoms with Gasteiger partial charge in [0.2, 0.25) is 10.0 Å². The summed E-state index contributed by atoms with van der Waals surface area (Å²) in [6, 6.07) is 5.98. The molecule has 0 bridgehead atoms. The van der Waals surface area contributed by atoms with Crippen LogP contribution < -0.4 is 9.46 Å². The number of aliphatic carboxylic acids is 1. The average molecular weight is 313 g/mol. The monoisotopic (exact) mass is 313 g/mol. The molecule has 2 rings (SSSR count). The Bertz CT molecular complexity index is 620. The summed E-state index contributed by atoms with van der Waals surface area (Å²) in [4.78, 5) is 11.6. The maximum absolute atomic E-state index is 12.4. The molecule has 0 radical (unpaired) electrons. The third kappa shape index (κ3) is 3.36. The molecule has 0 heterocycles. The van der Waals surface area contributed by atoms with Crippen molar-refractivity contribution < 1.29 is 23.1 Å². The Morgan fingerprint density at radius 3 is 2.52 bits per heavy atom. The van der Waals surface area contributed by atoms with Crippen LogP contribution >= 0.6 is 0 Å². The first-order valence-electron chi connectivity index (χ1n) is 6.81. The molecule has 1 aromatic carbocycles. The van der Waals surface area contributed by atoms with Crippen molar-refractivity contribution >= 4 is 16.0 Å². The third-order valence-electron chi connectivity index (χ3n) is 3.80. The van der Waals surface area contributed by atoms with Crippen LogP contribution in [0.2, 0.25) is 0 Å². The molecular weight excluding hydrogens is 294 g/mol. The molecule has 1 fully saturated rings. The van der Waals surface area contributed by atoms with E-state index in [1.807, 2.05) is 0 Å². The van der Waals surface area contributed by atoms with Crippen LogP contribution in [0.3, 0.4) is 0 Å². The maximum atomic E-state index is 12.4. The molecule has 1 aliphatic carbocycles. The van der Waals surface area contributed by atoms with Crippen LogP contribution in [0, 0.1) is 0 Å². The number of carboxylic acid groups (broad SMARTS) is 1. The molecule has 1 saturated carbocycles.